The summed E-state index contributed by atoms with van der Waals surface area (Å²) >= 11 is 0. The van der Waals surface area contributed by atoms with Crippen molar-refractivity contribution in [1.29, 1.82) is 0 Å². The highest BCUT2D eigenvalue weighted by Gasteiger charge is 2.35. The lowest BCUT2D eigenvalue weighted by Gasteiger charge is -2.36. The number of hydrogen-bond acceptors (Lipinski definition) is 3. The summed E-state index contributed by atoms with van der Waals surface area (Å²) in [5.41, 5.74) is 1.51. The molecule has 1 aromatic heterocycles. The molecule has 0 bridgehead atoms. The van der Waals surface area contributed by atoms with Gasteiger partial charge in [0.05, 0.1) is 5.69 Å². The molecule has 1 N–H and O–H groups in total. The maximum Gasteiger partial charge on any atom is 0.0762 e. The van der Waals surface area contributed by atoms with Crippen LogP contribution >= 0.6 is 0 Å². The van der Waals surface area contributed by atoms with Gasteiger partial charge in [-0.3, -0.25) is 4.68 Å². The first-order chi connectivity index (χ1) is 9.57. The van der Waals surface area contributed by atoms with Crippen LogP contribution in [0.25, 0.3) is 0 Å². The molecule has 0 saturated heterocycles. The molecule has 1 aromatic rings. The Morgan fingerprint density at radius 1 is 1.40 bits per heavy atom. The first kappa shape index (κ1) is 15.5. The number of hydrogen-bond donors (Lipinski definition) is 1. The Morgan fingerprint density at radius 2 is 2.10 bits per heavy atom. The van der Waals surface area contributed by atoms with Crippen molar-refractivity contribution in [3.8, 4) is 0 Å². The summed E-state index contributed by atoms with van der Waals surface area (Å²) in [4.78, 5) is 2.41. The van der Waals surface area contributed by atoms with E-state index >= 15 is 0 Å². The number of aromatic nitrogens is 2. The maximum absolute atomic E-state index is 4.65. The third-order valence-electron chi connectivity index (χ3n) is 4.95. The zero-order valence-electron chi connectivity index (χ0n) is 13.5. The molecule has 1 atom stereocenters. The molecule has 20 heavy (non-hydrogen) atoms. The molecule has 114 valence electrons. The number of nitrogens with one attached hydrogen (secondary N) is 1. The van der Waals surface area contributed by atoms with E-state index in [9.17, 15) is 0 Å². The maximum atomic E-state index is 4.65. The Kier molecular flexibility index (Phi) is 5.22. The summed E-state index contributed by atoms with van der Waals surface area (Å²) in [6.07, 6.45) is 8.58. The predicted octanol–water partition coefficient (Wildman–Crippen LogP) is 2.82. The molecule has 1 heterocycles. The van der Waals surface area contributed by atoms with Crippen molar-refractivity contribution in [2.24, 2.45) is 0 Å². The molecule has 0 aromatic carbocycles. The second-order valence-electron chi connectivity index (χ2n) is 6.47. The standard InChI is InChI=1S/C16H30N4/c1-5-14(2)20-11-8-15(18-20)12-17-13-16(19(3)4)9-6-7-10-16/h8,11,14,17H,5-7,9-10,12-13H2,1-4H3. The predicted molar refractivity (Wildman–Crippen MR) is 83.8 cm³/mol. The molecule has 4 nitrogen and oxygen atoms in total. The zero-order chi connectivity index (χ0) is 14.6. The monoisotopic (exact) mass is 278 g/mol. The molecule has 0 amide bonds. The van der Waals surface area contributed by atoms with Crippen LogP contribution in [0.1, 0.15) is 57.7 Å². The van der Waals surface area contributed by atoms with Gasteiger partial charge in [0.25, 0.3) is 0 Å². The molecule has 4 heteroatoms. The van der Waals surface area contributed by atoms with E-state index in [4.69, 9.17) is 0 Å². The molecule has 1 aliphatic carbocycles. The Morgan fingerprint density at radius 3 is 2.70 bits per heavy atom. The Hall–Kier alpha value is -0.870. The Bertz CT molecular complexity index is 404. The van der Waals surface area contributed by atoms with E-state index in [0.717, 1.165) is 25.2 Å². The SMILES string of the molecule is CCC(C)n1ccc(CNCC2(N(C)C)CCCC2)n1. The van der Waals surface area contributed by atoms with E-state index in [0.29, 0.717) is 11.6 Å². The molecule has 0 spiro atoms. The van der Waals surface area contributed by atoms with Gasteiger partial charge in [-0.15, -0.1) is 0 Å². The van der Waals surface area contributed by atoms with E-state index < -0.39 is 0 Å². The van der Waals surface area contributed by atoms with Crippen LogP contribution in [-0.2, 0) is 6.54 Å². The lowest BCUT2D eigenvalue weighted by Crippen LogP contribution is -2.49. The van der Waals surface area contributed by atoms with Crippen molar-refractivity contribution < 1.29 is 0 Å². The van der Waals surface area contributed by atoms with Gasteiger partial charge < -0.3 is 10.2 Å². The van der Waals surface area contributed by atoms with Crippen LogP contribution in [0.3, 0.4) is 0 Å². The molecule has 1 aliphatic rings. The van der Waals surface area contributed by atoms with Gasteiger partial charge in [0.2, 0.25) is 0 Å². The molecular weight excluding hydrogens is 248 g/mol. The Balaban J connectivity index is 1.84. The van der Waals surface area contributed by atoms with Gasteiger partial charge >= 0.3 is 0 Å². The molecule has 1 unspecified atom stereocenters. The van der Waals surface area contributed by atoms with Crippen LogP contribution in [0.15, 0.2) is 12.3 Å². The normalized spacial score (nSPS) is 19.6. The van der Waals surface area contributed by atoms with Crippen LogP contribution in [0.4, 0.5) is 0 Å². The largest absolute Gasteiger partial charge is 0.309 e. The highest BCUT2D eigenvalue weighted by atomic mass is 15.3. The van der Waals surface area contributed by atoms with E-state index in [-0.39, 0.29) is 0 Å². The average Bonchev–Trinajstić information content (AvgIpc) is 3.08. The minimum atomic E-state index is 0.360. The highest BCUT2D eigenvalue weighted by Crippen LogP contribution is 2.33. The number of likely N-dealkylation sites (N-methyl/N-ethyl adjacent to an activating group) is 1. The third-order valence-corrected chi connectivity index (χ3v) is 4.95. The molecule has 1 saturated carbocycles. The summed E-state index contributed by atoms with van der Waals surface area (Å²) in [5.74, 6) is 0. The summed E-state index contributed by atoms with van der Waals surface area (Å²) < 4.78 is 2.08. The van der Waals surface area contributed by atoms with Gasteiger partial charge in [0.15, 0.2) is 0 Å². The molecular formula is C16H30N4. The minimum absolute atomic E-state index is 0.360. The summed E-state index contributed by atoms with van der Waals surface area (Å²) in [6.45, 7) is 6.35. The minimum Gasteiger partial charge on any atom is -0.309 e. The van der Waals surface area contributed by atoms with Crippen LogP contribution in [0, 0.1) is 0 Å². The van der Waals surface area contributed by atoms with Crippen molar-refractivity contribution in [1.82, 2.24) is 20.0 Å². The molecule has 1 fully saturated rings. The van der Waals surface area contributed by atoms with Crippen LogP contribution in [-0.4, -0.2) is 40.9 Å². The zero-order valence-corrected chi connectivity index (χ0v) is 13.5. The number of nitrogens with zero attached hydrogens (tertiary/aromatic N) is 3. The van der Waals surface area contributed by atoms with Crippen LogP contribution in [0.5, 0.6) is 0 Å². The van der Waals surface area contributed by atoms with Crippen molar-refractivity contribution >= 4 is 0 Å². The first-order valence-electron chi connectivity index (χ1n) is 7.99. The van der Waals surface area contributed by atoms with E-state index in [1.807, 2.05) is 0 Å². The van der Waals surface area contributed by atoms with Crippen LogP contribution in [0.2, 0.25) is 0 Å². The van der Waals surface area contributed by atoms with Gasteiger partial charge in [-0.2, -0.15) is 5.10 Å². The lowest BCUT2D eigenvalue weighted by molar-refractivity contribution is 0.153. The fourth-order valence-electron chi connectivity index (χ4n) is 3.14. The lowest BCUT2D eigenvalue weighted by atomic mass is 9.96. The molecule has 0 aliphatic heterocycles. The van der Waals surface area contributed by atoms with Crippen LogP contribution < -0.4 is 5.32 Å². The second-order valence-corrected chi connectivity index (χ2v) is 6.47. The molecule has 0 radical (unpaired) electrons. The summed E-state index contributed by atoms with van der Waals surface area (Å²) in [5, 5.41) is 8.27. The quantitative estimate of drug-likeness (QED) is 0.832. The number of rotatable bonds is 7. The first-order valence-corrected chi connectivity index (χ1v) is 7.99. The van der Waals surface area contributed by atoms with E-state index in [1.165, 1.54) is 25.7 Å². The van der Waals surface area contributed by atoms with Gasteiger partial charge in [-0.05, 0) is 46.3 Å². The second kappa shape index (κ2) is 6.72. The summed E-state index contributed by atoms with van der Waals surface area (Å²) in [6, 6.07) is 2.63. The molecule has 2 rings (SSSR count). The fraction of sp³-hybridized carbons (Fsp3) is 0.812. The van der Waals surface area contributed by atoms with Crippen molar-refractivity contribution in [3.05, 3.63) is 18.0 Å². The fourth-order valence-corrected chi connectivity index (χ4v) is 3.14. The summed E-state index contributed by atoms with van der Waals surface area (Å²) in [7, 11) is 4.43. The smallest absolute Gasteiger partial charge is 0.0762 e. The van der Waals surface area contributed by atoms with Crippen molar-refractivity contribution in [2.75, 3.05) is 20.6 Å². The topological polar surface area (TPSA) is 33.1 Å². The van der Waals surface area contributed by atoms with Crippen molar-refractivity contribution in [2.45, 2.75) is 64.1 Å². The third kappa shape index (κ3) is 3.41. The van der Waals surface area contributed by atoms with Crippen molar-refractivity contribution in [3.63, 3.8) is 0 Å². The van der Waals surface area contributed by atoms with Gasteiger partial charge in [-0.25, -0.2) is 0 Å². The Labute approximate surface area is 123 Å². The van der Waals surface area contributed by atoms with E-state index in [1.54, 1.807) is 0 Å². The van der Waals surface area contributed by atoms with Gasteiger partial charge in [0, 0.05) is 30.9 Å². The average molecular weight is 278 g/mol. The highest BCUT2D eigenvalue weighted by molar-refractivity contribution is 5.01. The van der Waals surface area contributed by atoms with Gasteiger partial charge in [-0.1, -0.05) is 19.8 Å². The van der Waals surface area contributed by atoms with Gasteiger partial charge in [0.1, 0.15) is 0 Å². The van der Waals surface area contributed by atoms with E-state index in [2.05, 4.69) is 60.2 Å².